The van der Waals surface area contributed by atoms with Crippen LogP contribution in [0.25, 0.3) is 0 Å². The molecule has 148 valence electrons. The van der Waals surface area contributed by atoms with Crippen molar-refractivity contribution >= 4 is 40.9 Å². The van der Waals surface area contributed by atoms with E-state index in [1.54, 1.807) is 6.08 Å². The van der Waals surface area contributed by atoms with E-state index in [9.17, 15) is 9.59 Å². The van der Waals surface area contributed by atoms with Gasteiger partial charge in [-0.25, -0.2) is 4.79 Å². The average Bonchev–Trinajstić information content (AvgIpc) is 3.10. The van der Waals surface area contributed by atoms with Crippen molar-refractivity contribution < 1.29 is 14.3 Å². The van der Waals surface area contributed by atoms with Gasteiger partial charge in [0.05, 0.1) is 12.5 Å². The number of carbonyl (C=O) groups is 2. The Kier molecular flexibility index (Phi) is 7.18. The van der Waals surface area contributed by atoms with Crippen LogP contribution >= 0.6 is 23.2 Å². The minimum atomic E-state index is -0.500. The fourth-order valence-corrected chi connectivity index (χ4v) is 3.47. The maximum atomic E-state index is 12.3. The molecule has 1 aliphatic carbocycles. The zero-order valence-corrected chi connectivity index (χ0v) is 17.6. The summed E-state index contributed by atoms with van der Waals surface area (Å²) in [6, 6.07) is 5.82. The fourth-order valence-electron chi connectivity index (χ4n) is 3.20. The lowest BCUT2D eigenvalue weighted by Gasteiger charge is -2.10. The van der Waals surface area contributed by atoms with Crippen LogP contribution in [0.1, 0.15) is 31.4 Å². The van der Waals surface area contributed by atoms with E-state index in [0.29, 0.717) is 13.0 Å². The van der Waals surface area contributed by atoms with Gasteiger partial charge in [0, 0.05) is 12.2 Å². The number of benzene rings is 1. The summed E-state index contributed by atoms with van der Waals surface area (Å²) in [4.78, 5) is 24.1. The van der Waals surface area contributed by atoms with E-state index in [1.807, 2.05) is 45.9 Å². The highest BCUT2D eigenvalue weighted by molar-refractivity contribution is 6.55. The highest BCUT2D eigenvalue weighted by Crippen LogP contribution is 2.59. The summed E-state index contributed by atoms with van der Waals surface area (Å²) in [5.74, 6) is -0.128. The summed E-state index contributed by atoms with van der Waals surface area (Å²) in [5, 5.41) is 5.61. The smallest absolute Gasteiger partial charge is 0.411 e. The van der Waals surface area contributed by atoms with E-state index in [-0.39, 0.29) is 34.3 Å². The third-order valence-corrected chi connectivity index (χ3v) is 5.23. The number of carbonyl (C=O) groups excluding carboxylic acids is 2. The second-order valence-electron chi connectivity index (χ2n) is 7.51. The van der Waals surface area contributed by atoms with Crippen molar-refractivity contribution in [2.45, 2.75) is 34.1 Å². The van der Waals surface area contributed by atoms with Gasteiger partial charge in [0.2, 0.25) is 5.91 Å². The molecular weight excluding hydrogens is 387 g/mol. The number of allylic oxidation sites excluding steroid dienone is 1. The number of ether oxygens (including phenoxy) is 1. The van der Waals surface area contributed by atoms with Crippen molar-refractivity contribution in [3.8, 4) is 0 Å². The van der Waals surface area contributed by atoms with E-state index in [1.165, 1.54) is 0 Å². The molecule has 0 heterocycles. The number of halogens is 2. The molecule has 27 heavy (non-hydrogen) atoms. The van der Waals surface area contributed by atoms with Gasteiger partial charge in [-0.3, -0.25) is 10.1 Å². The van der Waals surface area contributed by atoms with Gasteiger partial charge in [-0.1, -0.05) is 49.2 Å². The summed E-state index contributed by atoms with van der Waals surface area (Å²) >= 11 is 11.4. The maximum absolute atomic E-state index is 12.3. The quantitative estimate of drug-likeness (QED) is 0.622. The van der Waals surface area contributed by atoms with E-state index in [2.05, 4.69) is 10.6 Å². The van der Waals surface area contributed by atoms with Crippen LogP contribution < -0.4 is 10.6 Å². The Labute approximate surface area is 170 Å². The van der Waals surface area contributed by atoms with Gasteiger partial charge in [-0.15, -0.1) is 0 Å². The van der Waals surface area contributed by atoms with Crippen LogP contribution in [0, 0.1) is 31.1 Å². The predicted molar refractivity (Wildman–Crippen MR) is 109 cm³/mol. The number of amides is 2. The van der Waals surface area contributed by atoms with Gasteiger partial charge in [0.15, 0.2) is 0 Å². The van der Waals surface area contributed by atoms with Gasteiger partial charge in [0.25, 0.3) is 0 Å². The number of aryl methyl sites for hydroxylation is 2. The second kappa shape index (κ2) is 8.98. The van der Waals surface area contributed by atoms with Crippen molar-refractivity contribution in [1.29, 1.82) is 0 Å². The fraction of sp³-hybridized carbons (Fsp3) is 0.500. The molecule has 1 aliphatic rings. The molecule has 2 amide bonds. The molecule has 0 radical (unpaired) electrons. The maximum Gasteiger partial charge on any atom is 0.411 e. The molecular formula is C20H26Cl2N2O3. The largest absolute Gasteiger partial charge is 0.449 e. The Bertz CT molecular complexity index is 743. The molecule has 0 aromatic heterocycles. The van der Waals surface area contributed by atoms with Crippen molar-refractivity contribution in [3.63, 3.8) is 0 Å². The van der Waals surface area contributed by atoms with Gasteiger partial charge < -0.3 is 10.1 Å². The van der Waals surface area contributed by atoms with Crippen molar-refractivity contribution in [3.05, 3.63) is 39.9 Å². The summed E-state index contributed by atoms with van der Waals surface area (Å²) in [6.45, 7) is 8.56. The van der Waals surface area contributed by atoms with Crippen molar-refractivity contribution in [2.75, 3.05) is 18.5 Å². The zero-order chi connectivity index (χ0) is 20.2. The molecule has 2 rings (SSSR count). The summed E-state index contributed by atoms with van der Waals surface area (Å²) in [5.41, 5.74) is 2.62. The SMILES string of the molecule is Cc1ccc(C)c(NC(=O)OCCCNC(=O)[C@H]2[C@H](C=C(Cl)Cl)C2(C)C)c1. The van der Waals surface area contributed by atoms with Crippen LogP contribution in [0.4, 0.5) is 10.5 Å². The molecule has 2 N–H and O–H groups in total. The molecule has 0 saturated heterocycles. The molecule has 1 saturated carbocycles. The Balaban J connectivity index is 1.67. The lowest BCUT2D eigenvalue weighted by atomic mass is 10.1. The number of rotatable bonds is 7. The topological polar surface area (TPSA) is 67.4 Å². The number of hydrogen-bond acceptors (Lipinski definition) is 3. The van der Waals surface area contributed by atoms with E-state index >= 15 is 0 Å². The summed E-state index contributed by atoms with van der Waals surface area (Å²) < 4.78 is 5.35. The van der Waals surface area contributed by atoms with E-state index in [4.69, 9.17) is 27.9 Å². The first-order chi connectivity index (χ1) is 12.6. The van der Waals surface area contributed by atoms with E-state index < -0.39 is 6.09 Å². The Morgan fingerprint density at radius 2 is 1.96 bits per heavy atom. The Morgan fingerprint density at radius 3 is 2.63 bits per heavy atom. The molecule has 1 fully saturated rings. The lowest BCUT2D eigenvalue weighted by Crippen LogP contribution is -2.28. The highest BCUT2D eigenvalue weighted by atomic mass is 35.5. The molecule has 1 aromatic rings. The van der Waals surface area contributed by atoms with Gasteiger partial charge in [-0.2, -0.15) is 0 Å². The summed E-state index contributed by atoms with van der Waals surface area (Å²) in [6.07, 6.45) is 1.75. The van der Waals surface area contributed by atoms with Gasteiger partial charge >= 0.3 is 6.09 Å². The zero-order valence-electron chi connectivity index (χ0n) is 16.1. The van der Waals surface area contributed by atoms with E-state index in [0.717, 1.165) is 16.8 Å². The molecule has 0 bridgehead atoms. The van der Waals surface area contributed by atoms with Crippen molar-refractivity contribution in [2.24, 2.45) is 17.3 Å². The number of nitrogens with one attached hydrogen (secondary N) is 2. The minimum Gasteiger partial charge on any atom is -0.449 e. The monoisotopic (exact) mass is 412 g/mol. The summed E-state index contributed by atoms with van der Waals surface area (Å²) in [7, 11) is 0. The molecule has 0 aliphatic heterocycles. The first-order valence-corrected chi connectivity index (χ1v) is 9.70. The van der Waals surface area contributed by atoms with Crippen LogP contribution in [0.3, 0.4) is 0 Å². The van der Waals surface area contributed by atoms with Crippen LogP contribution in [0.2, 0.25) is 0 Å². The molecule has 2 atom stereocenters. The molecule has 1 aromatic carbocycles. The van der Waals surface area contributed by atoms with Crippen LogP contribution in [0.5, 0.6) is 0 Å². The first kappa shape index (κ1) is 21.6. The van der Waals surface area contributed by atoms with Crippen LogP contribution in [-0.4, -0.2) is 25.2 Å². The van der Waals surface area contributed by atoms with Gasteiger partial charge in [-0.05, 0) is 54.9 Å². The predicted octanol–water partition coefficient (Wildman–Crippen LogP) is 4.95. The minimum absolute atomic E-state index is 0.0318. The first-order valence-electron chi connectivity index (χ1n) is 8.94. The molecule has 5 nitrogen and oxygen atoms in total. The Morgan fingerprint density at radius 1 is 1.26 bits per heavy atom. The number of anilines is 1. The van der Waals surface area contributed by atoms with Crippen molar-refractivity contribution in [1.82, 2.24) is 5.32 Å². The third kappa shape index (κ3) is 5.88. The lowest BCUT2D eigenvalue weighted by molar-refractivity contribution is -0.123. The average molecular weight is 413 g/mol. The van der Waals surface area contributed by atoms with Crippen LogP contribution in [-0.2, 0) is 9.53 Å². The highest BCUT2D eigenvalue weighted by Gasteiger charge is 2.60. The molecule has 7 heteroatoms. The van der Waals surface area contributed by atoms with Gasteiger partial charge in [0.1, 0.15) is 4.49 Å². The normalized spacial score (nSPS) is 19.8. The number of hydrogen-bond donors (Lipinski definition) is 2. The Hall–Kier alpha value is -1.72. The molecule has 0 unspecified atom stereocenters. The third-order valence-electron chi connectivity index (χ3n) is 4.98. The molecule has 0 spiro atoms. The second-order valence-corrected chi connectivity index (χ2v) is 8.51. The standard InChI is InChI=1S/C20H26Cl2N2O3/c1-12-6-7-13(2)15(10-12)24-19(26)27-9-5-8-23-18(25)17-14(11-16(21)22)20(17,3)4/h6-7,10-11,14,17H,5,8-9H2,1-4H3,(H,23,25)(H,24,26)/t14-,17+/m0/s1. The van der Waals surface area contributed by atoms with Crippen LogP contribution in [0.15, 0.2) is 28.8 Å².